The fourth-order valence-corrected chi connectivity index (χ4v) is 2.32. The largest absolute Gasteiger partial charge is 0.481 e. The van der Waals surface area contributed by atoms with Crippen molar-refractivity contribution < 1.29 is 19.4 Å². The molecule has 6 heteroatoms. The molecule has 1 heterocycles. The zero-order valence-corrected chi connectivity index (χ0v) is 12.0. The van der Waals surface area contributed by atoms with E-state index in [0.717, 1.165) is 6.42 Å². The smallest absolute Gasteiger partial charge is 0.320 e. The number of ether oxygens (including phenoxy) is 1. The second-order valence-electron chi connectivity index (χ2n) is 4.86. The number of aliphatic carboxylic acids is 1. The lowest BCUT2D eigenvalue weighted by molar-refractivity contribution is -0.138. The molecule has 1 fully saturated rings. The molecule has 0 aromatic heterocycles. The van der Waals surface area contributed by atoms with Crippen LogP contribution in [0.25, 0.3) is 0 Å². The van der Waals surface area contributed by atoms with E-state index in [1.807, 2.05) is 13.8 Å². The molecule has 0 spiro atoms. The SMILES string of the molecule is CCC1CN(C(=O)N(CC)C(C)CC(=O)O)CCO1. The van der Waals surface area contributed by atoms with Crippen LogP contribution in [-0.2, 0) is 9.53 Å². The maximum atomic E-state index is 12.4. The second-order valence-corrected chi connectivity index (χ2v) is 4.86. The maximum Gasteiger partial charge on any atom is 0.320 e. The van der Waals surface area contributed by atoms with Gasteiger partial charge in [0.15, 0.2) is 0 Å². The highest BCUT2D eigenvalue weighted by atomic mass is 16.5. The van der Waals surface area contributed by atoms with Crippen molar-refractivity contribution in [2.45, 2.75) is 45.8 Å². The van der Waals surface area contributed by atoms with Crippen molar-refractivity contribution in [2.75, 3.05) is 26.2 Å². The highest BCUT2D eigenvalue weighted by molar-refractivity contribution is 5.76. The number of carbonyl (C=O) groups is 2. The van der Waals surface area contributed by atoms with Crippen LogP contribution in [0.4, 0.5) is 4.79 Å². The Morgan fingerprint density at radius 2 is 2.16 bits per heavy atom. The highest BCUT2D eigenvalue weighted by Crippen LogP contribution is 2.13. The molecule has 2 atom stereocenters. The van der Waals surface area contributed by atoms with Crippen LogP contribution in [0.15, 0.2) is 0 Å². The number of morpholine rings is 1. The molecule has 0 aliphatic carbocycles. The van der Waals surface area contributed by atoms with Crippen LogP contribution in [0, 0.1) is 0 Å². The van der Waals surface area contributed by atoms with E-state index in [1.165, 1.54) is 0 Å². The van der Waals surface area contributed by atoms with Gasteiger partial charge in [0.25, 0.3) is 0 Å². The van der Waals surface area contributed by atoms with E-state index in [1.54, 1.807) is 16.7 Å². The Balaban J connectivity index is 2.64. The number of carbonyl (C=O) groups excluding carboxylic acids is 1. The molecular formula is C13H24N2O4. The van der Waals surface area contributed by atoms with Crippen molar-refractivity contribution in [1.82, 2.24) is 9.80 Å². The van der Waals surface area contributed by atoms with E-state index >= 15 is 0 Å². The predicted octanol–water partition coefficient (Wildman–Crippen LogP) is 1.40. The van der Waals surface area contributed by atoms with Crippen LogP contribution in [0.3, 0.4) is 0 Å². The molecule has 1 rings (SSSR count). The van der Waals surface area contributed by atoms with Gasteiger partial charge in [0.2, 0.25) is 0 Å². The number of hydrogen-bond acceptors (Lipinski definition) is 3. The standard InChI is InChI=1S/C13H24N2O4/c1-4-11-9-14(6-7-19-11)13(18)15(5-2)10(3)8-12(16)17/h10-11H,4-9H2,1-3H3,(H,16,17). The van der Waals surface area contributed by atoms with Crippen LogP contribution < -0.4 is 0 Å². The Morgan fingerprint density at radius 3 is 2.68 bits per heavy atom. The fraction of sp³-hybridized carbons (Fsp3) is 0.846. The summed E-state index contributed by atoms with van der Waals surface area (Å²) in [6.07, 6.45) is 0.938. The van der Waals surface area contributed by atoms with Gasteiger partial charge in [-0.3, -0.25) is 4.79 Å². The average molecular weight is 272 g/mol. The number of rotatable bonds is 5. The average Bonchev–Trinajstić information content (AvgIpc) is 2.38. The summed E-state index contributed by atoms with van der Waals surface area (Å²) < 4.78 is 5.54. The second kappa shape index (κ2) is 7.33. The maximum absolute atomic E-state index is 12.4. The third kappa shape index (κ3) is 4.38. The summed E-state index contributed by atoms with van der Waals surface area (Å²) in [5.41, 5.74) is 0. The highest BCUT2D eigenvalue weighted by Gasteiger charge is 2.29. The molecule has 110 valence electrons. The minimum Gasteiger partial charge on any atom is -0.481 e. The van der Waals surface area contributed by atoms with Gasteiger partial charge in [0, 0.05) is 25.7 Å². The lowest BCUT2D eigenvalue weighted by Gasteiger charge is -2.37. The Hall–Kier alpha value is -1.30. The molecule has 2 unspecified atom stereocenters. The van der Waals surface area contributed by atoms with Gasteiger partial charge in [-0.2, -0.15) is 0 Å². The summed E-state index contributed by atoms with van der Waals surface area (Å²) in [6.45, 7) is 7.90. The van der Waals surface area contributed by atoms with Crippen LogP contribution in [0.5, 0.6) is 0 Å². The summed E-state index contributed by atoms with van der Waals surface area (Å²) in [4.78, 5) is 26.6. The molecule has 6 nitrogen and oxygen atoms in total. The molecule has 0 radical (unpaired) electrons. The Bertz CT molecular complexity index is 322. The zero-order chi connectivity index (χ0) is 14.4. The quantitative estimate of drug-likeness (QED) is 0.821. The molecule has 0 saturated carbocycles. The topological polar surface area (TPSA) is 70.1 Å². The van der Waals surface area contributed by atoms with Crippen molar-refractivity contribution in [2.24, 2.45) is 0 Å². The van der Waals surface area contributed by atoms with Gasteiger partial charge in [0.1, 0.15) is 0 Å². The summed E-state index contributed by atoms with van der Waals surface area (Å²) in [6, 6.07) is -0.379. The van der Waals surface area contributed by atoms with E-state index < -0.39 is 5.97 Å². The first-order chi connectivity index (χ1) is 8.99. The number of amides is 2. The van der Waals surface area contributed by atoms with Crippen LogP contribution in [0.2, 0.25) is 0 Å². The Labute approximate surface area is 114 Å². The van der Waals surface area contributed by atoms with Gasteiger partial charge < -0.3 is 19.6 Å². The van der Waals surface area contributed by atoms with E-state index in [9.17, 15) is 9.59 Å². The Kier molecular flexibility index (Phi) is 6.08. The lowest BCUT2D eigenvalue weighted by atomic mass is 10.2. The van der Waals surface area contributed by atoms with Gasteiger partial charge >= 0.3 is 12.0 Å². The van der Waals surface area contributed by atoms with Gasteiger partial charge in [-0.05, 0) is 20.3 Å². The molecule has 1 aliphatic heterocycles. The van der Waals surface area contributed by atoms with E-state index in [0.29, 0.717) is 26.2 Å². The summed E-state index contributed by atoms with van der Waals surface area (Å²) in [5, 5.41) is 8.83. The van der Waals surface area contributed by atoms with Gasteiger partial charge in [0.05, 0.1) is 19.1 Å². The summed E-state index contributed by atoms with van der Waals surface area (Å²) >= 11 is 0. The van der Waals surface area contributed by atoms with Crippen molar-refractivity contribution >= 4 is 12.0 Å². The van der Waals surface area contributed by atoms with E-state index in [2.05, 4.69) is 0 Å². The van der Waals surface area contributed by atoms with Gasteiger partial charge in [-0.15, -0.1) is 0 Å². The van der Waals surface area contributed by atoms with E-state index in [-0.39, 0.29) is 24.6 Å². The monoisotopic (exact) mass is 272 g/mol. The first-order valence-corrected chi connectivity index (χ1v) is 6.88. The van der Waals surface area contributed by atoms with Gasteiger partial charge in [-0.25, -0.2) is 4.79 Å². The van der Waals surface area contributed by atoms with Gasteiger partial charge in [-0.1, -0.05) is 6.92 Å². The Morgan fingerprint density at radius 1 is 1.47 bits per heavy atom. The molecular weight excluding hydrogens is 248 g/mol. The van der Waals surface area contributed by atoms with E-state index in [4.69, 9.17) is 9.84 Å². The van der Waals surface area contributed by atoms with Crippen molar-refractivity contribution in [3.63, 3.8) is 0 Å². The third-order valence-electron chi connectivity index (χ3n) is 3.45. The molecule has 0 aromatic carbocycles. The first-order valence-electron chi connectivity index (χ1n) is 6.88. The molecule has 1 aliphatic rings. The van der Waals surface area contributed by atoms with Crippen molar-refractivity contribution in [1.29, 1.82) is 0 Å². The minimum absolute atomic E-state index is 0.0267. The first kappa shape index (κ1) is 15.8. The lowest BCUT2D eigenvalue weighted by Crippen LogP contribution is -2.53. The third-order valence-corrected chi connectivity index (χ3v) is 3.45. The van der Waals surface area contributed by atoms with Crippen LogP contribution in [-0.4, -0.2) is 65.3 Å². The normalized spacial score (nSPS) is 21.0. The number of carboxylic acid groups (broad SMARTS) is 1. The number of urea groups is 1. The molecule has 0 aromatic rings. The number of hydrogen-bond donors (Lipinski definition) is 1. The number of carboxylic acids is 1. The molecule has 2 amide bonds. The summed E-state index contributed by atoms with van der Waals surface area (Å²) in [7, 11) is 0. The molecule has 1 N–H and O–H groups in total. The minimum atomic E-state index is -0.882. The van der Waals surface area contributed by atoms with Crippen LogP contribution >= 0.6 is 0 Å². The zero-order valence-electron chi connectivity index (χ0n) is 12.0. The van der Waals surface area contributed by atoms with Crippen molar-refractivity contribution in [3.8, 4) is 0 Å². The van der Waals surface area contributed by atoms with Crippen LogP contribution in [0.1, 0.15) is 33.6 Å². The predicted molar refractivity (Wildman–Crippen MR) is 71.1 cm³/mol. The molecule has 19 heavy (non-hydrogen) atoms. The molecule has 0 bridgehead atoms. The number of nitrogens with zero attached hydrogens (tertiary/aromatic N) is 2. The summed E-state index contributed by atoms with van der Waals surface area (Å²) in [5.74, 6) is -0.882. The van der Waals surface area contributed by atoms with Crippen molar-refractivity contribution in [3.05, 3.63) is 0 Å². The fourth-order valence-electron chi connectivity index (χ4n) is 2.32. The molecule has 1 saturated heterocycles.